The van der Waals surface area contributed by atoms with Crippen LogP contribution in [0, 0.1) is 11.3 Å². The summed E-state index contributed by atoms with van der Waals surface area (Å²) in [5.41, 5.74) is 1.44. The molecule has 0 radical (unpaired) electrons. The average Bonchev–Trinajstić information content (AvgIpc) is 2.80. The molecule has 1 aliphatic heterocycles. The van der Waals surface area contributed by atoms with Gasteiger partial charge in [0.15, 0.2) is 0 Å². The van der Waals surface area contributed by atoms with E-state index in [1.807, 2.05) is 23.7 Å². The van der Waals surface area contributed by atoms with E-state index in [0.29, 0.717) is 0 Å². The number of carbonyl (C=O) groups excluding carboxylic acids is 1. The summed E-state index contributed by atoms with van der Waals surface area (Å²) in [7, 11) is 1.90. The van der Waals surface area contributed by atoms with E-state index in [9.17, 15) is 4.79 Å². The van der Waals surface area contributed by atoms with E-state index in [4.69, 9.17) is 0 Å². The second-order valence-electron chi connectivity index (χ2n) is 6.90. The lowest BCUT2D eigenvalue weighted by molar-refractivity contribution is -0.132. The van der Waals surface area contributed by atoms with E-state index in [2.05, 4.69) is 54.5 Å². The van der Waals surface area contributed by atoms with Gasteiger partial charge in [0.05, 0.1) is 5.92 Å². The van der Waals surface area contributed by atoms with Crippen LogP contribution in [-0.4, -0.2) is 23.9 Å². The van der Waals surface area contributed by atoms with Crippen LogP contribution < -0.4 is 0 Å². The van der Waals surface area contributed by atoms with E-state index < -0.39 is 0 Å². The molecule has 0 fully saturated rings. The van der Waals surface area contributed by atoms with Crippen molar-refractivity contribution >= 4 is 17.7 Å². The lowest BCUT2D eigenvalue weighted by Crippen LogP contribution is -2.37. The zero-order chi connectivity index (χ0) is 15.7. The van der Waals surface area contributed by atoms with E-state index in [1.165, 1.54) is 15.4 Å². The molecular formula is C17H29NOS. The molecule has 0 saturated carbocycles. The van der Waals surface area contributed by atoms with Crippen molar-refractivity contribution in [1.82, 2.24) is 4.90 Å². The Morgan fingerprint density at radius 1 is 1.40 bits per heavy atom. The highest BCUT2D eigenvalue weighted by Crippen LogP contribution is 2.50. The maximum absolute atomic E-state index is 12.7. The van der Waals surface area contributed by atoms with Gasteiger partial charge in [0.25, 0.3) is 0 Å². The van der Waals surface area contributed by atoms with Crippen LogP contribution in [0.5, 0.6) is 0 Å². The van der Waals surface area contributed by atoms with Gasteiger partial charge >= 0.3 is 0 Å². The number of hydrogen-bond acceptors (Lipinski definition) is 2. The number of allylic oxidation sites excluding steroid dienone is 2. The molecule has 1 amide bonds. The summed E-state index contributed by atoms with van der Waals surface area (Å²) in [6.07, 6.45) is 3.18. The zero-order valence-corrected chi connectivity index (χ0v) is 15.0. The van der Waals surface area contributed by atoms with Gasteiger partial charge in [-0.2, -0.15) is 0 Å². The van der Waals surface area contributed by atoms with Gasteiger partial charge in [0, 0.05) is 18.0 Å². The van der Waals surface area contributed by atoms with Crippen molar-refractivity contribution in [3.8, 4) is 0 Å². The van der Waals surface area contributed by atoms with E-state index in [-0.39, 0.29) is 23.3 Å². The van der Waals surface area contributed by atoms with Crippen LogP contribution in [-0.2, 0) is 4.79 Å². The van der Waals surface area contributed by atoms with Gasteiger partial charge in [0.1, 0.15) is 0 Å². The predicted octanol–water partition coefficient (Wildman–Crippen LogP) is 4.83. The quantitative estimate of drug-likeness (QED) is 0.743. The molecule has 3 heteroatoms. The van der Waals surface area contributed by atoms with Crippen molar-refractivity contribution in [2.45, 2.75) is 60.9 Å². The number of amides is 1. The summed E-state index contributed by atoms with van der Waals surface area (Å²) >= 11 is 1.81. The monoisotopic (exact) mass is 295 g/mol. The van der Waals surface area contributed by atoms with Crippen LogP contribution in [0.2, 0.25) is 0 Å². The smallest absolute Gasteiger partial charge is 0.234 e. The highest BCUT2D eigenvalue weighted by molar-refractivity contribution is 8.07. The second-order valence-corrected chi connectivity index (χ2v) is 7.99. The zero-order valence-electron chi connectivity index (χ0n) is 14.2. The molecule has 114 valence electrons. The molecule has 0 aliphatic carbocycles. The molecule has 0 aromatic rings. The number of nitrogens with zero attached hydrogens (tertiary/aromatic N) is 1. The van der Waals surface area contributed by atoms with Crippen LogP contribution in [0.4, 0.5) is 0 Å². The molecule has 0 N–H and O–H groups in total. The van der Waals surface area contributed by atoms with Crippen molar-refractivity contribution < 1.29 is 4.79 Å². The Morgan fingerprint density at radius 3 is 2.35 bits per heavy atom. The molecule has 20 heavy (non-hydrogen) atoms. The molecule has 0 aromatic carbocycles. The second kappa shape index (κ2) is 6.38. The Labute approximate surface area is 128 Å². The first-order valence-electron chi connectivity index (χ1n) is 7.46. The summed E-state index contributed by atoms with van der Waals surface area (Å²) in [4.78, 5) is 17.1. The maximum atomic E-state index is 12.7. The number of thioether (sulfide) groups is 1. The molecule has 0 spiro atoms. The summed E-state index contributed by atoms with van der Waals surface area (Å²) < 4.78 is 0. The Bertz CT molecular complexity index is 440. The molecule has 1 unspecified atom stereocenters. The average molecular weight is 295 g/mol. The maximum Gasteiger partial charge on any atom is 0.234 e. The predicted molar refractivity (Wildman–Crippen MR) is 89.5 cm³/mol. The Kier molecular flexibility index (Phi) is 5.54. The third-order valence-electron chi connectivity index (χ3n) is 3.90. The van der Waals surface area contributed by atoms with Crippen LogP contribution in [0.3, 0.4) is 0 Å². The Morgan fingerprint density at radius 2 is 1.95 bits per heavy atom. The lowest BCUT2D eigenvalue weighted by Gasteiger charge is -2.25. The van der Waals surface area contributed by atoms with Crippen molar-refractivity contribution in [2.75, 3.05) is 7.05 Å². The fourth-order valence-corrected chi connectivity index (χ4v) is 3.39. The van der Waals surface area contributed by atoms with Gasteiger partial charge in [-0.15, -0.1) is 0 Å². The first-order valence-corrected chi connectivity index (χ1v) is 8.27. The minimum atomic E-state index is -0.0819. The van der Waals surface area contributed by atoms with Gasteiger partial charge in [-0.25, -0.2) is 0 Å². The molecule has 0 bridgehead atoms. The van der Waals surface area contributed by atoms with Crippen molar-refractivity contribution in [3.63, 3.8) is 0 Å². The van der Waals surface area contributed by atoms with Gasteiger partial charge in [-0.3, -0.25) is 4.79 Å². The molecule has 2 nitrogen and oxygen atoms in total. The molecular weight excluding hydrogens is 266 g/mol. The lowest BCUT2D eigenvalue weighted by atomic mass is 9.92. The minimum absolute atomic E-state index is 0.0819. The summed E-state index contributed by atoms with van der Waals surface area (Å²) in [6.45, 7) is 15.1. The van der Waals surface area contributed by atoms with E-state index in [0.717, 1.165) is 6.42 Å². The van der Waals surface area contributed by atoms with Gasteiger partial charge in [-0.1, -0.05) is 51.1 Å². The van der Waals surface area contributed by atoms with Gasteiger partial charge in [-0.05, 0) is 37.5 Å². The molecule has 1 atom stereocenters. The molecule has 1 aliphatic rings. The van der Waals surface area contributed by atoms with Gasteiger partial charge < -0.3 is 4.90 Å². The highest BCUT2D eigenvalue weighted by atomic mass is 32.2. The molecule has 0 saturated heterocycles. The fraction of sp³-hybridized carbons (Fsp3) is 0.706. The fourth-order valence-electron chi connectivity index (χ4n) is 2.03. The van der Waals surface area contributed by atoms with Crippen molar-refractivity contribution in [3.05, 3.63) is 21.5 Å². The summed E-state index contributed by atoms with van der Waals surface area (Å²) in [5.74, 6) is 0.135. The number of hydrogen-bond donors (Lipinski definition) is 0. The number of rotatable bonds is 3. The van der Waals surface area contributed by atoms with Crippen molar-refractivity contribution in [1.29, 1.82) is 0 Å². The SMILES string of the molecule is CCC(C)=C1SC(C(C)(C)C)=CC1C(=O)N(C)C(C)C. The van der Waals surface area contributed by atoms with Crippen LogP contribution in [0.15, 0.2) is 21.5 Å². The van der Waals surface area contributed by atoms with Crippen LogP contribution >= 0.6 is 11.8 Å². The van der Waals surface area contributed by atoms with Gasteiger partial charge in [0.2, 0.25) is 5.91 Å². The van der Waals surface area contributed by atoms with Crippen LogP contribution in [0.25, 0.3) is 0 Å². The Balaban J connectivity index is 3.17. The third-order valence-corrected chi connectivity index (χ3v) is 5.69. The largest absolute Gasteiger partial charge is 0.343 e. The standard InChI is InChI=1S/C17H29NOS/c1-9-12(4)15-13(16(19)18(8)11(2)3)10-14(20-15)17(5,6)7/h10-11,13H,9H2,1-8H3. The first-order chi connectivity index (χ1) is 9.09. The third kappa shape index (κ3) is 3.69. The number of carbonyl (C=O) groups is 1. The Hall–Kier alpha value is -0.700. The van der Waals surface area contributed by atoms with Crippen LogP contribution in [0.1, 0.15) is 54.9 Å². The normalized spacial score (nSPS) is 22.1. The highest BCUT2D eigenvalue weighted by Gasteiger charge is 2.35. The summed E-state index contributed by atoms with van der Waals surface area (Å²) in [5, 5.41) is 0. The topological polar surface area (TPSA) is 20.3 Å². The molecule has 1 heterocycles. The van der Waals surface area contributed by atoms with E-state index in [1.54, 1.807) is 0 Å². The van der Waals surface area contributed by atoms with E-state index >= 15 is 0 Å². The molecule has 1 rings (SSSR count). The minimum Gasteiger partial charge on any atom is -0.343 e. The molecule has 0 aromatic heterocycles. The summed E-state index contributed by atoms with van der Waals surface area (Å²) in [6, 6.07) is 0.239. The first kappa shape index (κ1) is 17.4. The van der Waals surface area contributed by atoms with Crippen molar-refractivity contribution in [2.24, 2.45) is 11.3 Å².